The highest BCUT2D eigenvalue weighted by Gasteiger charge is 2.31. The number of hydrogen-bond donors (Lipinski definition) is 2. The van der Waals surface area contributed by atoms with Gasteiger partial charge in [-0.2, -0.15) is 13.2 Å². The summed E-state index contributed by atoms with van der Waals surface area (Å²) >= 11 is 0. The van der Waals surface area contributed by atoms with Crippen molar-refractivity contribution < 1.29 is 22.8 Å². The van der Waals surface area contributed by atoms with Gasteiger partial charge in [0, 0.05) is 37.3 Å². The van der Waals surface area contributed by atoms with E-state index in [0.717, 1.165) is 12.1 Å². The molecule has 8 heteroatoms. The highest BCUT2D eigenvalue weighted by atomic mass is 19.4. The molecule has 142 valence electrons. The van der Waals surface area contributed by atoms with Crippen LogP contribution in [0.5, 0.6) is 0 Å². The van der Waals surface area contributed by atoms with Crippen molar-refractivity contribution in [3.05, 3.63) is 64.7 Å². The Balaban J connectivity index is 2.09. The maximum atomic E-state index is 13.0. The van der Waals surface area contributed by atoms with Crippen LogP contribution in [0.25, 0.3) is 0 Å². The van der Waals surface area contributed by atoms with E-state index in [2.05, 4.69) is 5.32 Å². The first-order valence-electron chi connectivity index (χ1n) is 8.39. The minimum atomic E-state index is -4.55. The zero-order chi connectivity index (χ0) is 19.6. The molecule has 1 aliphatic heterocycles. The Morgan fingerprint density at radius 3 is 2.26 bits per heavy atom. The van der Waals surface area contributed by atoms with Crippen LogP contribution in [0.4, 0.5) is 18.9 Å². The number of halogens is 3. The number of amides is 1. The first-order chi connectivity index (χ1) is 12.8. The summed E-state index contributed by atoms with van der Waals surface area (Å²) in [5.74, 6) is -1.28. The van der Waals surface area contributed by atoms with Crippen LogP contribution >= 0.6 is 0 Å². The SMILES string of the molecule is NC(=O)c1cccc(C(=O)c2cccc(C(F)(F)F)c2)c1N1CCNCC1. The van der Waals surface area contributed by atoms with Crippen LogP contribution in [-0.2, 0) is 6.18 Å². The molecule has 3 rings (SSSR count). The molecule has 5 nitrogen and oxygen atoms in total. The predicted octanol–water partition coefficient (Wildman–Crippen LogP) is 2.44. The molecule has 0 spiro atoms. The summed E-state index contributed by atoms with van der Waals surface area (Å²) in [7, 11) is 0. The molecule has 0 bridgehead atoms. The van der Waals surface area contributed by atoms with Crippen molar-refractivity contribution >= 4 is 17.4 Å². The Morgan fingerprint density at radius 2 is 1.63 bits per heavy atom. The molecule has 1 fully saturated rings. The molecule has 0 atom stereocenters. The lowest BCUT2D eigenvalue weighted by atomic mass is 9.96. The largest absolute Gasteiger partial charge is 0.416 e. The van der Waals surface area contributed by atoms with E-state index < -0.39 is 23.4 Å². The number of nitrogens with zero attached hydrogens (tertiary/aromatic N) is 1. The van der Waals surface area contributed by atoms with Crippen molar-refractivity contribution in [1.29, 1.82) is 0 Å². The number of primary amides is 1. The van der Waals surface area contributed by atoms with E-state index in [1.54, 1.807) is 0 Å². The van der Waals surface area contributed by atoms with E-state index in [0.29, 0.717) is 31.9 Å². The molecule has 1 saturated heterocycles. The predicted molar refractivity (Wildman–Crippen MR) is 94.9 cm³/mol. The van der Waals surface area contributed by atoms with Crippen LogP contribution in [0.1, 0.15) is 31.8 Å². The molecule has 0 unspecified atom stereocenters. The fraction of sp³-hybridized carbons (Fsp3) is 0.263. The molecule has 0 aliphatic carbocycles. The number of para-hydroxylation sites is 1. The van der Waals surface area contributed by atoms with Gasteiger partial charge in [-0.3, -0.25) is 9.59 Å². The monoisotopic (exact) mass is 377 g/mol. The summed E-state index contributed by atoms with van der Waals surface area (Å²) in [5, 5.41) is 3.17. The van der Waals surface area contributed by atoms with E-state index in [4.69, 9.17) is 5.73 Å². The van der Waals surface area contributed by atoms with Gasteiger partial charge in [-0.1, -0.05) is 18.2 Å². The summed E-state index contributed by atoms with van der Waals surface area (Å²) < 4.78 is 39.0. The van der Waals surface area contributed by atoms with Crippen LogP contribution < -0.4 is 16.0 Å². The summed E-state index contributed by atoms with van der Waals surface area (Å²) in [6.45, 7) is 2.41. The highest BCUT2D eigenvalue weighted by Crippen LogP contribution is 2.32. The minimum Gasteiger partial charge on any atom is -0.368 e. The van der Waals surface area contributed by atoms with E-state index in [1.165, 1.54) is 30.3 Å². The van der Waals surface area contributed by atoms with Gasteiger partial charge in [0.15, 0.2) is 5.78 Å². The topological polar surface area (TPSA) is 75.4 Å². The Bertz CT molecular complexity index is 875. The average Bonchev–Trinajstić information content (AvgIpc) is 2.67. The van der Waals surface area contributed by atoms with Gasteiger partial charge in [0.2, 0.25) is 0 Å². The number of carbonyl (C=O) groups is 2. The first-order valence-corrected chi connectivity index (χ1v) is 8.39. The Hall–Kier alpha value is -2.87. The van der Waals surface area contributed by atoms with Gasteiger partial charge < -0.3 is 16.0 Å². The third kappa shape index (κ3) is 3.95. The van der Waals surface area contributed by atoms with Gasteiger partial charge in [-0.05, 0) is 24.3 Å². The fourth-order valence-electron chi connectivity index (χ4n) is 3.15. The molecule has 0 saturated carbocycles. The van der Waals surface area contributed by atoms with Gasteiger partial charge in [-0.25, -0.2) is 0 Å². The van der Waals surface area contributed by atoms with Crippen molar-refractivity contribution in [1.82, 2.24) is 5.32 Å². The van der Waals surface area contributed by atoms with Gasteiger partial charge in [0.05, 0.1) is 16.8 Å². The number of alkyl halides is 3. The Labute approximate surface area is 154 Å². The maximum absolute atomic E-state index is 13.0. The Morgan fingerprint density at radius 1 is 1.00 bits per heavy atom. The van der Waals surface area contributed by atoms with Crippen molar-refractivity contribution in [2.75, 3.05) is 31.1 Å². The Kier molecular flexibility index (Phi) is 5.18. The summed E-state index contributed by atoms with van der Waals surface area (Å²) in [4.78, 5) is 26.7. The van der Waals surface area contributed by atoms with E-state index in [1.807, 2.05) is 4.90 Å². The van der Waals surface area contributed by atoms with E-state index in [-0.39, 0.29) is 16.7 Å². The number of nitrogens with two attached hydrogens (primary N) is 1. The molecule has 0 radical (unpaired) electrons. The van der Waals surface area contributed by atoms with Gasteiger partial charge in [0.1, 0.15) is 0 Å². The molecule has 2 aromatic carbocycles. The zero-order valence-corrected chi connectivity index (χ0v) is 14.3. The normalized spacial score (nSPS) is 14.9. The molecule has 1 heterocycles. The molecule has 27 heavy (non-hydrogen) atoms. The molecule has 2 aromatic rings. The maximum Gasteiger partial charge on any atom is 0.416 e. The van der Waals surface area contributed by atoms with E-state index >= 15 is 0 Å². The molecule has 1 amide bonds. The number of carbonyl (C=O) groups excluding carboxylic acids is 2. The van der Waals surface area contributed by atoms with Crippen LogP contribution in [0, 0.1) is 0 Å². The number of hydrogen-bond acceptors (Lipinski definition) is 4. The van der Waals surface area contributed by atoms with Crippen molar-refractivity contribution in [2.24, 2.45) is 5.73 Å². The van der Waals surface area contributed by atoms with Crippen molar-refractivity contribution in [3.63, 3.8) is 0 Å². The number of nitrogens with one attached hydrogen (secondary N) is 1. The van der Waals surface area contributed by atoms with Gasteiger partial charge >= 0.3 is 6.18 Å². The lowest BCUT2D eigenvalue weighted by Crippen LogP contribution is -2.44. The van der Waals surface area contributed by atoms with Crippen molar-refractivity contribution in [3.8, 4) is 0 Å². The fourth-order valence-corrected chi connectivity index (χ4v) is 3.15. The lowest BCUT2D eigenvalue weighted by molar-refractivity contribution is -0.137. The third-order valence-corrected chi connectivity index (χ3v) is 4.43. The smallest absolute Gasteiger partial charge is 0.368 e. The molecular formula is C19H18F3N3O2. The highest BCUT2D eigenvalue weighted by molar-refractivity contribution is 6.15. The van der Waals surface area contributed by atoms with Crippen LogP contribution in [0.3, 0.4) is 0 Å². The summed E-state index contributed by atoms with van der Waals surface area (Å²) in [6, 6.07) is 8.78. The summed E-state index contributed by atoms with van der Waals surface area (Å²) in [6.07, 6.45) is -4.55. The number of benzene rings is 2. The second kappa shape index (κ2) is 7.40. The number of ketones is 1. The van der Waals surface area contributed by atoms with Crippen molar-refractivity contribution in [2.45, 2.75) is 6.18 Å². The zero-order valence-electron chi connectivity index (χ0n) is 14.3. The standard InChI is InChI=1S/C19H18F3N3O2/c20-19(21,22)13-4-1-3-12(11-13)17(26)14-5-2-6-15(18(23)27)16(14)25-9-7-24-8-10-25/h1-6,11,24H,7-10H2,(H2,23,27). The molecule has 3 N–H and O–H groups in total. The lowest BCUT2D eigenvalue weighted by Gasteiger charge is -2.32. The van der Waals surface area contributed by atoms with E-state index in [9.17, 15) is 22.8 Å². The average molecular weight is 377 g/mol. The second-order valence-corrected chi connectivity index (χ2v) is 6.21. The molecule has 0 aromatic heterocycles. The molecule has 1 aliphatic rings. The van der Waals surface area contributed by atoms with Crippen LogP contribution in [0.2, 0.25) is 0 Å². The number of anilines is 1. The van der Waals surface area contributed by atoms with Crippen LogP contribution in [-0.4, -0.2) is 37.9 Å². The minimum absolute atomic E-state index is 0.0946. The molecular weight excluding hydrogens is 359 g/mol. The third-order valence-electron chi connectivity index (χ3n) is 4.43. The number of rotatable bonds is 4. The summed E-state index contributed by atoms with van der Waals surface area (Å²) in [5.41, 5.74) is 5.18. The van der Waals surface area contributed by atoms with Gasteiger partial charge in [-0.15, -0.1) is 0 Å². The van der Waals surface area contributed by atoms with Crippen LogP contribution in [0.15, 0.2) is 42.5 Å². The number of piperazine rings is 1. The van der Waals surface area contributed by atoms with Gasteiger partial charge in [0.25, 0.3) is 5.91 Å². The first kappa shape index (κ1) is 18.9. The quantitative estimate of drug-likeness (QED) is 0.803. The second-order valence-electron chi connectivity index (χ2n) is 6.21.